The molecule has 0 fully saturated rings. The van der Waals surface area contributed by atoms with Crippen LogP contribution in [-0.4, -0.2) is 45.8 Å². The molecule has 2 aliphatic rings. The minimum absolute atomic E-state index is 0.174. The molecule has 138 valence electrons. The predicted octanol–water partition coefficient (Wildman–Crippen LogP) is 2.53. The molecule has 2 atom stereocenters. The summed E-state index contributed by atoms with van der Waals surface area (Å²) in [6.45, 7) is 0.174. The van der Waals surface area contributed by atoms with E-state index in [1.165, 1.54) is 0 Å². The van der Waals surface area contributed by atoms with E-state index >= 15 is 0 Å². The summed E-state index contributed by atoms with van der Waals surface area (Å²) in [5.74, 6) is 2.82. The Kier molecular flexibility index (Phi) is 3.88. The molecular formula is C20H22O6. The zero-order chi connectivity index (χ0) is 18.5. The number of fused-ring (bicyclic) bond motifs is 5. The summed E-state index contributed by atoms with van der Waals surface area (Å²) in [6, 6.07) is 7.65. The van der Waals surface area contributed by atoms with Crippen LogP contribution < -0.4 is 23.7 Å². The van der Waals surface area contributed by atoms with E-state index in [4.69, 9.17) is 23.7 Å². The molecule has 0 spiro atoms. The standard InChI is InChI=1S/C20H22O6/c1-22-14-6-5-12-17-13-8-16(24-3)15(23-2)7-11(13)9-20(17,21)10-26-18(12)19(14)25-4/h5-8,17,21H,9-10H2,1-4H3/t17-,20-/m1/s1. The van der Waals surface area contributed by atoms with Gasteiger partial charge < -0.3 is 28.8 Å². The van der Waals surface area contributed by atoms with Gasteiger partial charge in [0.1, 0.15) is 12.2 Å². The van der Waals surface area contributed by atoms with Crippen LogP contribution in [0.4, 0.5) is 0 Å². The van der Waals surface area contributed by atoms with Crippen molar-refractivity contribution >= 4 is 0 Å². The molecule has 6 nitrogen and oxygen atoms in total. The average Bonchev–Trinajstić information content (AvgIpc) is 2.96. The third-order valence-electron chi connectivity index (χ3n) is 5.30. The number of ether oxygens (including phenoxy) is 5. The number of benzene rings is 2. The van der Waals surface area contributed by atoms with E-state index < -0.39 is 5.60 Å². The van der Waals surface area contributed by atoms with Gasteiger partial charge in [0.25, 0.3) is 0 Å². The quantitative estimate of drug-likeness (QED) is 0.906. The number of aliphatic hydroxyl groups is 1. The monoisotopic (exact) mass is 358 g/mol. The predicted molar refractivity (Wildman–Crippen MR) is 95.1 cm³/mol. The van der Waals surface area contributed by atoms with Crippen LogP contribution in [0, 0.1) is 0 Å². The lowest BCUT2D eigenvalue weighted by molar-refractivity contribution is -0.0228. The van der Waals surface area contributed by atoms with Crippen molar-refractivity contribution in [3.05, 3.63) is 41.0 Å². The second kappa shape index (κ2) is 5.99. The summed E-state index contributed by atoms with van der Waals surface area (Å²) in [7, 11) is 6.39. The molecule has 4 rings (SSSR count). The molecule has 6 heteroatoms. The summed E-state index contributed by atoms with van der Waals surface area (Å²) in [5.41, 5.74) is 1.90. The molecule has 2 aromatic rings. The molecule has 0 saturated heterocycles. The molecule has 0 aromatic heterocycles. The fourth-order valence-corrected chi connectivity index (χ4v) is 4.16. The maximum absolute atomic E-state index is 11.3. The van der Waals surface area contributed by atoms with E-state index in [1.54, 1.807) is 28.4 Å². The Morgan fingerprint density at radius 3 is 2.27 bits per heavy atom. The van der Waals surface area contributed by atoms with Crippen LogP contribution in [-0.2, 0) is 6.42 Å². The van der Waals surface area contributed by atoms with Crippen LogP contribution in [0.25, 0.3) is 0 Å². The second-order valence-electron chi connectivity index (χ2n) is 6.63. The first-order chi connectivity index (χ1) is 12.6. The van der Waals surface area contributed by atoms with Gasteiger partial charge in [0.2, 0.25) is 5.75 Å². The van der Waals surface area contributed by atoms with Crippen molar-refractivity contribution in [3.63, 3.8) is 0 Å². The van der Waals surface area contributed by atoms with Crippen molar-refractivity contribution in [1.29, 1.82) is 0 Å². The Hall–Kier alpha value is -2.60. The lowest BCUT2D eigenvalue weighted by Crippen LogP contribution is -2.44. The Balaban J connectivity index is 1.92. The van der Waals surface area contributed by atoms with Crippen molar-refractivity contribution in [2.24, 2.45) is 0 Å². The first-order valence-electron chi connectivity index (χ1n) is 8.41. The number of rotatable bonds is 4. The molecule has 0 radical (unpaired) electrons. The number of hydrogen-bond acceptors (Lipinski definition) is 6. The molecule has 1 aliphatic heterocycles. The maximum atomic E-state index is 11.3. The molecule has 1 N–H and O–H groups in total. The van der Waals surface area contributed by atoms with Gasteiger partial charge in [0.15, 0.2) is 23.0 Å². The van der Waals surface area contributed by atoms with Crippen LogP contribution in [0.3, 0.4) is 0 Å². The minimum atomic E-state index is -1.02. The molecule has 0 unspecified atom stereocenters. The number of methoxy groups -OCH3 is 4. The average molecular weight is 358 g/mol. The summed E-state index contributed by atoms with van der Waals surface area (Å²) in [6.07, 6.45) is 0.487. The first kappa shape index (κ1) is 16.8. The van der Waals surface area contributed by atoms with Gasteiger partial charge in [0, 0.05) is 17.9 Å². The topological polar surface area (TPSA) is 66.4 Å². The van der Waals surface area contributed by atoms with Gasteiger partial charge in [-0.3, -0.25) is 0 Å². The van der Waals surface area contributed by atoms with Crippen LogP contribution >= 0.6 is 0 Å². The van der Waals surface area contributed by atoms with E-state index in [0.29, 0.717) is 35.2 Å². The van der Waals surface area contributed by atoms with Crippen molar-refractivity contribution in [2.45, 2.75) is 17.9 Å². The first-order valence-corrected chi connectivity index (χ1v) is 8.41. The van der Waals surface area contributed by atoms with Gasteiger partial charge in [-0.2, -0.15) is 0 Å². The van der Waals surface area contributed by atoms with Crippen molar-refractivity contribution in [1.82, 2.24) is 0 Å². The van der Waals surface area contributed by atoms with Gasteiger partial charge in [-0.25, -0.2) is 0 Å². The lowest BCUT2D eigenvalue weighted by atomic mass is 9.80. The highest BCUT2D eigenvalue weighted by atomic mass is 16.5. The third-order valence-corrected chi connectivity index (χ3v) is 5.30. The zero-order valence-corrected chi connectivity index (χ0v) is 15.3. The van der Waals surface area contributed by atoms with E-state index in [1.807, 2.05) is 24.3 Å². The second-order valence-corrected chi connectivity index (χ2v) is 6.63. The maximum Gasteiger partial charge on any atom is 0.203 e. The van der Waals surface area contributed by atoms with Crippen molar-refractivity contribution in [3.8, 4) is 28.7 Å². The van der Waals surface area contributed by atoms with Crippen LogP contribution in [0.5, 0.6) is 28.7 Å². The molecule has 0 bridgehead atoms. The minimum Gasteiger partial charge on any atom is -0.493 e. The summed E-state index contributed by atoms with van der Waals surface area (Å²) in [4.78, 5) is 0. The Morgan fingerprint density at radius 1 is 0.923 bits per heavy atom. The van der Waals surface area contributed by atoms with Crippen LogP contribution in [0.2, 0.25) is 0 Å². The molecule has 0 saturated carbocycles. The largest absolute Gasteiger partial charge is 0.493 e. The molecule has 1 aliphatic carbocycles. The highest BCUT2D eigenvalue weighted by molar-refractivity contribution is 5.64. The highest BCUT2D eigenvalue weighted by Crippen LogP contribution is 2.56. The summed E-state index contributed by atoms with van der Waals surface area (Å²) >= 11 is 0. The molecule has 0 amide bonds. The SMILES string of the molecule is COc1cc2c(cc1OC)[C@H]1c3ccc(OC)c(OC)c3OC[C@]1(O)C2. The molecular weight excluding hydrogens is 336 g/mol. The van der Waals surface area contributed by atoms with Gasteiger partial charge in [-0.15, -0.1) is 0 Å². The highest BCUT2D eigenvalue weighted by Gasteiger charge is 2.51. The van der Waals surface area contributed by atoms with Gasteiger partial charge in [-0.05, 0) is 29.3 Å². The van der Waals surface area contributed by atoms with E-state index in [-0.39, 0.29) is 12.5 Å². The fraction of sp³-hybridized carbons (Fsp3) is 0.400. The van der Waals surface area contributed by atoms with Crippen molar-refractivity contribution in [2.75, 3.05) is 35.0 Å². The Labute approximate surface area is 152 Å². The summed E-state index contributed by atoms with van der Waals surface area (Å²) < 4.78 is 27.7. The third kappa shape index (κ3) is 2.22. The number of hydrogen-bond donors (Lipinski definition) is 1. The molecule has 2 aromatic carbocycles. The van der Waals surface area contributed by atoms with E-state index in [2.05, 4.69) is 0 Å². The summed E-state index contributed by atoms with van der Waals surface area (Å²) in [5, 5.41) is 11.3. The fourth-order valence-electron chi connectivity index (χ4n) is 4.16. The smallest absolute Gasteiger partial charge is 0.203 e. The van der Waals surface area contributed by atoms with E-state index in [9.17, 15) is 5.11 Å². The lowest BCUT2D eigenvalue weighted by Gasteiger charge is -2.37. The van der Waals surface area contributed by atoms with Gasteiger partial charge in [-0.1, -0.05) is 6.07 Å². The normalized spacial score (nSPS) is 22.6. The molecule has 1 heterocycles. The molecule has 26 heavy (non-hydrogen) atoms. The van der Waals surface area contributed by atoms with Gasteiger partial charge in [0.05, 0.1) is 28.4 Å². The Morgan fingerprint density at radius 2 is 1.62 bits per heavy atom. The van der Waals surface area contributed by atoms with E-state index in [0.717, 1.165) is 16.7 Å². The van der Waals surface area contributed by atoms with Crippen molar-refractivity contribution < 1.29 is 28.8 Å². The van der Waals surface area contributed by atoms with Crippen LogP contribution in [0.15, 0.2) is 24.3 Å². The zero-order valence-electron chi connectivity index (χ0n) is 15.3. The van der Waals surface area contributed by atoms with Crippen LogP contribution in [0.1, 0.15) is 22.6 Å². The van der Waals surface area contributed by atoms with Gasteiger partial charge >= 0.3 is 0 Å². The Bertz CT molecular complexity index is 862.